The summed E-state index contributed by atoms with van der Waals surface area (Å²) in [5.41, 5.74) is 5.17. The molecule has 0 unspecified atom stereocenters. The highest BCUT2D eigenvalue weighted by atomic mass is 16.2. The van der Waals surface area contributed by atoms with E-state index in [1.54, 1.807) is 0 Å². The molecule has 1 amide bonds. The average molecular weight is 416 g/mol. The van der Waals surface area contributed by atoms with Crippen molar-refractivity contribution in [2.45, 2.75) is 25.9 Å². The zero-order valence-corrected chi connectivity index (χ0v) is 19.4. The van der Waals surface area contributed by atoms with Gasteiger partial charge in [-0.25, -0.2) is 0 Å². The van der Waals surface area contributed by atoms with E-state index in [2.05, 4.69) is 72.2 Å². The predicted molar refractivity (Wildman–Crippen MR) is 131 cm³/mol. The molecule has 0 fully saturated rings. The minimum absolute atomic E-state index is 0.0276. The van der Waals surface area contributed by atoms with Gasteiger partial charge in [-0.15, -0.1) is 0 Å². The van der Waals surface area contributed by atoms with Gasteiger partial charge in [0.1, 0.15) is 0 Å². The van der Waals surface area contributed by atoms with Gasteiger partial charge in [0.05, 0.1) is 6.04 Å². The Hall–Kier alpha value is -3.27. The zero-order chi connectivity index (χ0) is 22.5. The molecule has 0 aromatic heterocycles. The molecule has 0 N–H and O–H groups in total. The summed E-state index contributed by atoms with van der Waals surface area (Å²) in [6, 6.07) is 26.4. The van der Waals surface area contributed by atoms with E-state index < -0.39 is 0 Å². The van der Waals surface area contributed by atoms with Gasteiger partial charge in [-0.1, -0.05) is 42.5 Å². The summed E-state index contributed by atoms with van der Waals surface area (Å²) in [5.74, 6) is 0.0361. The van der Waals surface area contributed by atoms with Crippen LogP contribution < -0.4 is 9.80 Å². The van der Waals surface area contributed by atoms with E-state index in [1.165, 1.54) is 0 Å². The van der Waals surface area contributed by atoms with Crippen molar-refractivity contribution in [3.05, 3.63) is 95.6 Å². The standard InChI is InChI=1S/C27H33N3O/c1-20(2)30(27(31)23-10-8-7-9-11-23)26(21-12-16-24(17-13-21)28(3)4)22-14-18-25(19-15-22)29(5)6/h7-20,26H,1-6H3. The molecule has 0 bridgehead atoms. The molecule has 0 saturated carbocycles. The fourth-order valence-electron chi connectivity index (χ4n) is 3.80. The lowest BCUT2D eigenvalue weighted by Crippen LogP contribution is -2.40. The molecule has 0 spiro atoms. The number of rotatable bonds is 7. The fraction of sp³-hybridized carbons (Fsp3) is 0.296. The SMILES string of the molecule is CC(C)N(C(=O)c1ccccc1)C(c1ccc(N(C)C)cc1)c1ccc(N(C)C)cc1. The van der Waals surface area contributed by atoms with Crippen LogP contribution in [0.3, 0.4) is 0 Å². The summed E-state index contributed by atoms with van der Waals surface area (Å²) in [5, 5.41) is 0. The molecule has 4 nitrogen and oxygen atoms in total. The Bertz CT molecular complexity index is 926. The molecule has 0 heterocycles. The summed E-state index contributed by atoms with van der Waals surface area (Å²) in [7, 11) is 8.13. The number of carbonyl (C=O) groups is 1. The molecular formula is C27H33N3O. The van der Waals surface area contributed by atoms with Gasteiger partial charge in [0.15, 0.2) is 0 Å². The van der Waals surface area contributed by atoms with E-state index in [9.17, 15) is 4.79 Å². The van der Waals surface area contributed by atoms with Crippen molar-refractivity contribution in [1.29, 1.82) is 0 Å². The first-order chi connectivity index (χ1) is 14.8. The number of carbonyl (C=O) groups excluding carboxylic acids is 1. The molecule has 3 rings (SSSR count). The Morgan fingerprint density at radius 1 is 0.645 bits per heavy atom. The zero-order valence-electron chi connectivity index (χ0n) is 19.4. The van der Waals surface area contributed by atoms with E-state index in [-0.39, 0.29) is 18.0 Å². The number of hydrogen-bond acceptors (Lipinski definition) is 3. The molecule has 162 valence electrons. The van der Waals surface area contributed by atoms with Crippen LogP contribution in [-0.4, -0.2) is 45.0 Å². The quantitative estimate of drug-likeness (QED) is 0.513. The van der Waals surface area contributed by atoms with Crippen LogP contribution in [-0.2, 0) is 0 Å². The molecule has 4 heteroatoms. The van der Waals surface area contributed by atoms with Crippen LogP contribution in [0.2, 0.25) is 0 Å². The van der Waals surface area contributed by atoms with Crippen molar-refractivity contribution in [1.82, 2.24) is 4.90 Å². The second-order valence-electron chi connectivity index (χ2n) is 8.55. The number of hydrogen-bond donors (Lipinski definition) is 0. The topological polar surface area (TPSA) is 26.8 Å². The molecule has 3 aromatic carbocycles. The van der Waals surface area contributed by atoms with Gasteiger partial charge in [-0.2, -0.15) is 0 Å². The lowest BCUT2D eigenvalue weighted by Gasteiger charge is -2.36. The summed E-state index contributed by atoms with van der Waals surface area (Å²) >= 11 is 0. The summed E-state index contributed by atoms with van der Waals surface area (Å²) in [6.45, 7) is 4.16. The van der Waals surface area contributed by atoms with Crippen LogP contribution in [0.15, 0.2) is 78.9 Å². The first kappa shape index (κ1) is 22.4. The lowest BCUT2D eigenvalue weighted by molar-refractivity contribution is 0.0644. The first-order valence-corrected chi connectivity index (χ1v) is 10.7. The Balaban J connectivity index is 2.11. The fourth-order valence-corrected chi connectivity index (χ4v) is 3.80. The predicted octanol–water partition coefficient (Wildman–Crippen LogP) is 5.46. The van der Waals surface area contributed by atoms with Gasteiger partial charge in [0.25, 0.3) is 5.91 Å². The molecule has 0 aliphatic heterocycles. The highest BCUT2D eigenvalue weighted by Crippen LogP contribution is 2.33. The number of anilines is 2. The number of amides is 1. The Morgan fingerprint density at radius 2 is 1.06 bits per heavy atom. The molecule has 0 radical (unpaired) electrons. The molecule has 0 aliphatic rings. The molecule has 3 aromatic rings. The smallest absolute Gasteiger partial charge is 0.254 e. The van der Waals surface area contributed by atoms with Crippen molar-refractivity contribution in [2.75, 3.05) is 38.0 Å². The van der Waals surface area contributed by atoms with Crippen LogP contribution in [0.5, 0.6) is 0 Å². The van der Waals surface area contributed by atoms with E-state index in [0.717, 1.165) is 22.5 Å². The Kier molecular flexibility index (Phi) is 7.01. The van der Waals surface area contributed by atoms with Gasteiger partial charge in [0.2, 0.25) is 0 Å². The largest absolute Gasteiger partial charge is 0.378 e. The third-order valence-electron chi connectivity index (χ3n) is 5.54. The van der Waals surface area contributed by atoms with Gasteiger partial charge >= 0.3 is 0 Å². The molecule has 0 aliphatic carbocycles. The molecule has 0 saturated heterocycles. The molecule has 31 heavy (non-hydrogen) atoms. The third kappa shape index (κ3) is 5.08. The van der Waals surface area contributed by atoms with Crippen molar-refractivity contribution in [3.63, 3.8) is 0 Å². The minimum Gasteiger partial charge on any atom is -0.378 e. The van der Waals surface area contributed by atoms with E-state index in [4.69, 9.17) is 0 Å². The van der Waals surface area contributed by atoms with Crippen LogP contribution in [0, 0.1) is 0 Å². The van der Waals surface area contributed by atoms with E-state index >= 15 is 0 Å². The first-order valence-electron chi connectivity index (χ1n) is 10.7. The summed E-state index contributed by atoms with van der Waals surface area (Å²) < 4.78 is 0. The van der Waals surface area contributed by atoms with Crippen LogP contribution in [0.25, 0.3) is 0 Å². The van der Waals surface area contributed by atoms with Gasteiger partial charge in [0, 0.05) is 51.2 Å². The van der Waals surface area contributed by atoms with E-state index in [1.807, 2.05) is 63.4 Å². The van der Waals surface area contributed by atoms with Gasteiger partial charge in [-0.3, -0.25) is 4.79 Å². The van der Waals surface area contributed by atoms with Gasteiger partial charge < -0.3 is 14.7 Å². The van der Waals surface area contributed by atoms with Crippen molar-refractivity contribution in [2.24, 2.45) is 0 Å². The second kappa shape index (κ2) is 9.69. The molecule has 0 atom stereocenters. The Labute approximate surface area is 186 Å². The average Bonchev–Trinajstić information content (AvgIpc) is 2.77. The number of benzene rings is 3. The monoisotopic (exact) mass is 415 g/mol. The number of nitrogens with zero attached hydrogens (tertiary/aromatic N) is 3. The highest BCUT2D eigenvalue weighted by Gasteiger charge is 2.30. The highest BCUT2D eigenvalue weighted by molar-refractivity contribution is 5.95. The van der Waals surface area contributed by atoms with Crippen LogP contribution >= 0.6 is 0 Å². The Morgan fingerprint density at radius 3 is 1.42 bits per heavy atom. The van der Waals surface area contributed by atoms with Crippen LogP contribution in [0.4, 0.5) is 11.4 Å². The van der Waals surface area contributed by atoms with Gasteiger partial charge in [-0.05, 0) is 61.4 Å². The maximum atomic E-state index is 13.6. The van der Waals surface area contributed by atoms with Crippen LogP contribution in [0.1, 0.15) is 41.4 Å². The summed E-state index contributed by atoms with van der Waals surface area (Å²) in [6.07, 6.45) is 0. The third-order valence-corrected chi connectivity index (χ3v) is 5.54. The lowest BCUT2D eigenvalue weighted by atomic mass is 9.94. The summed E-state index contributed by atoms with van der Waals surface area (Å²) in [4.78, 5) is 19.8. The molecular weight excluding hydrogens is 382 g/mol. The maximum Gasteiger partial charge on any atom is 0.254 e. The van der Waals surface area contributed by atoms with E-state index in [0.29, 0.717) is 5.56 Å². The van der Waals surface area contributed by atoms with Crippen molar-refractivity contribution in [3.8, 4) is 0 Å². The second-order valence-corrected chi connectivity index (χ2v) is 8.55. The van der Waals surface area contributed by atoms with Crippen molar-refractivity contribution >= 4 is 17.3 Å². The normalized spacial score (nSPS) is 11.0. The minimum atomic E-state index is -0.180. The van der Waals surface area contributed by atoms with Crippen molar-refractivity contribution < 1.29 is 4.79 Å². The maximum absolute atomic E-state index is 13.6.